The van der Waals surface area contributed by atoms with Crippen molar-refractivity contribution in [3.05, 3.63) is 108 Å². The van der Waals surface area contributed by atoms with Crippen LogP contribution in [0.3, 0.4) is 0 Å². The Morgan fingerprint density at radius 3 is 1.74 bits per heavy atom. The summed E-state index contributed by atoms with van der Waals surface area (Å²) < 4.78 is 5.34. The number of carbonyl (C=O) groups excluding carboxylic acids is 2. The smallest absolute Gasteiger partial charge is 0.254 e. The minimum absolute atomic E-state index is 0.0478. The highest BCUT2D eigenvalue weighted by Gasteiger charge is 2.31. The number of amides is 2. The van der Waals surface area contributed by atoms with Crippen LogP contribution < -0.4 is 4.74 Å². The third-order valence-electron chi connectivity index (χ3n) is 8.72. The lowest BCUT2D eigenvalue weighted by Gasteiger charge is -2.42. The van der Waals surface area contributed by atoms with Crippen molar-refractivity contribution in [3.63, 3.8) is 0 Å². The molecule has 0 radical (unpaired) electrons. The molecule has 220 valence electrons. The molecule has 0 aliphatic carbocycles. The molecule has 0 atom stereocenters. The molecule has 0 unspecified atom stereocenters. The summed E-state index contributed by atoms with van der Waals surface area (Å²) in [6.07, 6.45) is 1.89. The zero-order valence-corrected chi connectivity index (χ0v) is 24.9. The lowest BCUT2D eigenvalue weighted by atomic mass is 10.0. The van der Waals surface area contributed by atoms with Gasteiger partial charge >= 0.3 is 0 Å². The molecule has 2 aliphatic rings. The lowest BCUT2D eigenvalue weighted by molar-refractivity contribution is 0.0412. The summed E-state index contributed by atoms with van der Waals surface area (Å²) in [6, 6.07) is 30.0. The minimum atomic E-state index is 0.0478. The standard InChI is InChI=1S/C36H38N4O3/c1-26-23-29(13-14-34(26)43-2)35(41)39-17-15-31(16-18-39)38-19-21-40(22-20-38)36(42)30-24-32(27-9-5-3-6-10-27)37-33(25-30)28-11-7-4-8-12-28/h3-14,23-25,31H,15-22H2,1-2H3. The summed E-state index contributed by atoms with van der Waals surface area (Å²) >= 11 is 0. The van der Waals surface area contributed by atoms with Gasteiger partial charge in [-0.05, 0) is 55.7 Å². The maximum Gasteiger partial charge on any atom is 0.254 e. The van der Waals surface area contributed by atoms with Crippen LogP contribution in [0.15, 0.2) is 91.0 Å². The number of piperidine rings is 1. The molecule has 4 aromatic rings. The number of aryl methyl sites for hydroxylation is 1. The van der Waals surface area contributed by atoms with Gasteiger partial charge in [0.05, 0.1) is 18.5 Å². The molecule has 2 saturated heterocycles. The van der Waals surface area contributed by atoms with Crippen LogP contribution >= 0.6 is 0 Å². The maximum atomic E-state index is 13.8. The van der Waals surface area contributed by atoms with E-state index in [2.05, 4.69) is 4.90 Å². The Balaban J connectivity index is 1.09. The number of piperazine rings is 1. The molecule has 3 heterocycles. The molecule has 43 heavy (non-hydrogen) atoms. The quantitative estimate of drug-likeness (QED) is 0.292. The number of nitrogens with zero attached hydrogens (tertiary/aromatic N) is 4. The van der Waals surface area contributed by atoms with Crippen LogP contribution in [-0.4, -0.2) is 83.9 Å². The monoisotopic (exact) mass is 574 g/mol. The third-order valence-corrected chi connectivity index (χ3v) is 8.72. The normalized spacial score (nSPS) is 16.2. The van der Waals surface area contributed by atoms with Crippen molar-refractivity contribution in [1.29, 1.82) is 0 Å². The largest absolute Gasteiger partial charge is 0.496 e. The molecule has 7 heteroatoms. The molecular weight excluding hydrogens is 536 g/mol. The Morgan fingerprint density at radius 2 is 1.21 bits per heavy atom. The zero-order valence-electron chi connectivity index (χ0n) is 24.9. The second-order valence-electron chi connectivity index (χ2n) is 11.4. The van der Waals surface area contributed by atoms with Gasteiger partial charge in [0.25, 0.3) is 11.8 Å². The molecule has 0 saturated carbocycles. The molecule has 3 aromatic carbocycles. The first-order chi connectivity index (χ1) is 21.0. The fourth-order valence-electron chi connectivity index (χ4n) is 6.27. The van der Waals surface area contributed by atoms with E-state index in [0.717, 1.165) is 72.8 Å². The first-order valence-corrected chi connectivity index (χ1v) is 15.1. The Morgan fingerprint density at radius 1 is 0.674 bits per heavy atom. The van der Waals surface area contributed by atoms with Gasteiger partial charge in [0.1, 0.15) is 5.75 Å². The fraction of sp³-hybridized carbons (Fsp3) is 0.306. The molecule has 0 spiro atoms. The number of hydrogen-bond donors (Lipinski definition) is 0. The average Bonchev–Trinajstić information content (AvgIpc) is 3.08. The van der Waals surface area contributed by atoms with Gasteiger partial charge in [-0.1, -0.05) is 60.7 Å². The van der Waals surface area contributed by atoms with Gasteiger partial charge in [-0.15, -0.1) is 0 Å². The van der Waals surface area contributed by atoms with Gasteiger partial charge in [-0.3, -0.25) is 14.5 Å². The van der Waals surface area contributed by atoms with E-state index >= 15 is 0 Å². The van der Waals surface area contributed by atoms with Crippen LogP contribution in [0, 0.1) is 6.92 Å². The number of rotatable bonds is 6. The number of pyridine rings is 1. The van der Waals surface area contributed by atoms with E-state index in [1.54, 1.807) is 7.11 Å². The molecular formula is C36H38N4O3. The van der Waals surface area contributed by atoms with Gasteiger partial charge in [-0.2, -0.15) is 0 Å². The maximum absolute atomic E-state index is 13.8. The topological polar surface area (TPSA) is 66.0 Å². The Kier molecular flexibility index (Phi) is 8.52. The van der Waals surface area contributed by atoms with Crippen molar-refractivity contribution in [3.8, 4) is 28.3 Å². The highest BCUT2D eigenvalue weighted by molar-refractivity contribution is 5.96. The molecule has 6 rings (SSSR count). The molecule has 2 fully saturated rings. The molecule has 2 amide bonds. The predicted octanol–water partition coefficient (Wildman–Crippen LogP) is 5.80. The first kappa shape index (κ1) is 28.6. The van der Waals surface area contributed by atoms with Gasteiger partial charge < -0.3 is 14.5 Å². The summed E-state index contributed by atoms with van der Waals surface area (Å²) in [6.45, 7) is 6.50. The SMILES string of the molecule is COc1ccc(C(=O)N2CCC(N3CCN(C(=O)c4cc(-c5ccccc5)nc(-c5ccccc5)c4)CC3)CC2)cc1C. The second kappa shape index (κ2) is 12.8. The van der Waals surface area contributed by atoms with E-state index in [0.29, 0.717) is 30.3 Å². The summed E-state index contributed by atoms with van der Waals surface area (Å²) in [4.78, 5) is 38.3. The van der Waals surface area contributed by atoms with Crippen molar-refractivity contribution in [1.82, 2.24) is 19.7 Å². The molecule has 0 N–H and O–H groups in total. The Hall–Kier alpha value is -4.49. The molecule has 1 aromatic heterocycles. The van der Waals surface area contributed by atoms with Crippen molar-refractivity contribution >= 4 is 11.8 Å². The number of benzene rings is 3. The van der Waals surface area contributed by atoms with Crippen LogP contribution in [-0.2, 0) is 0 Å². The molecule has 2 aliphatic heterocycles. The van der Waals surface area contributed by atoms with Gasteiger partial charge in [0.15, 0.2) is 0 Å². The summed E-state index contributed by atoms with van der Waals surface area (Å²) in [5, 5.41) is 0. The van der Waals surface area contributed by atoms with E-state index in [-0.39, 0.29) is 11.8 Å². The number of carbonyl (C=O) groups is 2. The van der Waals surface area contributed by atoms with Gasteiger partial charge in [0, 0.05) is 67.6 Å². The summed E-state index contributed by atoms with van der Waals surface area (Å²) in [5.74, 6) is 0.929. The Labute approximate surface area is 253 Å². The summed E-state index contributed by atoms with van der Waals surface area (Å²) in [5.41, 5.74) is 5.94. The van der Waals surface area contributed by atoms with E-state index in [1.165, 1.54) is 0 Å². The van der Waals surface area contributed by atoms with Crippen molar-refractivity contribution < 1.29 is 14.3 Å². The van der Waals surface area contributed by atoms with Crippen molar-refractivity contribution in [2.24, 2.45) is 0 Å². The minimum Gasteiger partial charge on any atom is -0.496 e. The molecule has 0 bridgehead atoms. The van der Waals surface area contributed by atoms with Crippen LogP contribution in [0.1, 0.15) is 39.1 Å². The number of methoxy groups -OCH3 is 1. The van der Waals surface area contributed by atoms with E-state index < -0.39 is 0 Å². The lowest BCUT2D eigenvalue weighted by Crippen LogP contribution is -2.54. The van der Waals surface area contributed by atoms with E-state index in [9.17, 15) is 9.59 Å². The third kappa shape index (κ3) is 6.32. The zero-order chi connectivity index (χ0) is 29.8. The average molecular weight is 575 g/mol. The fourth-order valence-corrected chi connectivity index (χ4v) is 6.27. The highest BCUT2D eigenvalue weighted by Crippen LogP contribution is 2.27. The molecule has 7 nitrogen and oxygen atoms in total. The van der Waals surface area contributed by atoms with Crippen molar-refractivity contribution in [2.75, 3.05) is 46.4 Å². The van der Waals surface area contributed by atoms with E-state index in [4.69, 9.17) is 9.72 Å². The number of likely N-dealkylation sites (tertiary alicyclic amines) is 1. The van der Waals surface area contributed by atoms with Crippen LogP contribution in [0.25, 0.3) is 22.5 Å². The van der Waals surface area contributed by atoms with Crippen LogP contribution in [0.2, 0.25) is 0 Å². The van der Waals surface area contributed by atoms with Crippen molar-refractivity contribution in [2.45, 2.75) is 25.8 Å². The summed E-state index contributed by atoms with van der Waals surface area (Å²) in [7, 11) is 1.65. The number of hydrogen-bond acceptors (Lipinski definition) is 5. The number of ether oxygens (including phenoxy) is 1. The highest BCUT2D eigenvalue weighted by atomic mass is 16.5. The second-order valence-corrected chi connectivity index (χ2v) is 11.4. The Bertz CT molecular complexity index is 1520. The van der Waals surface area contributed by atoms with Crippen LogP contribution in [0.5, 0.6) is 5.75 Å². The first-order valence-electron chi connectivity index (χ1n) is 15.1. The van der Waals surface area contributed by atoms with E-state index in [1.807, 2.05) is 108 Å². The van der Waals surface area contributed by atoms with Crippen LogP contribution in [0.4, 0.5) is 0 Å². The number of aromatic nitrogens is 1. The van der Waals surface area contributed by atoms with Gasteiger partial charge in [-0.25, -0.2) is 4.98 Å². The van der Waals surface area contributed by atoms with Gasteiger partial charge in [0.2, 0.25) is 0 Å². The predicted molar refractivity (Wildman–Crippen MR) is 169 cm³/mol.